The molecule has 0 saturated heterocycles. The molecule has 1 N–H and O–H groups in total. The maximum Gasteiger partial charge on any atom is 0.335 e. The number of esters is 2. The molecule has 7 heteroatoms. The highest BCUT2D eigenvalue weighted by Crippen LogP contribution is 1.94. The summed E-state index contributed by atoms with van der Waals surface area (Å²) in [4.78, 5) is 33.5. The lowest BCUT2D eigenvalue weighted by Gasteiger charge is -2.00. The molecule has 0 radical (unpaired) electrons. The molecule has 0 aliphatic rings. The van der Waals surface area contributed by atoms with Crippen molar-refractivity contribution in [1.82, 2.24) is 5.32 Å². The molecule has 0 aliphatic carbocycles. The first kappa shape index (κ1) is 15.4. The zero-order chi connectivity index (χ0) is 15.0. The molecule has 106 valence electrons. The van der Waals surface area contributed by atoms with Gasteiger partial charge >= 0.3 is 11.9 Å². The van der Waals surface area contributed by atoms with Gasteiger partial charge in [-0.2, -0.15) is 4.57 Å². The monoisotopic (exact) mass is 279 g/mol. The number of hydrogen-bond donors (Lipinski definition) is 1. The fraction of sp³-hybridized carbons (Fsp3) is 0.231. The minimum Gasteiger partial charge on any atom is -0.466 e. The number of aromatic nitrogens is 1. The van der Waals surface area contributed by atoms with Gasteiger partial charge in [-0.1, -0.05) is 0 Å². The first-order valence-electron chi connectivity index (χ1n) is 5.70. The van der Waals surface area contributed by atoms with Gasteiger partial charge in [-0.15, -0.1) is 0 Å². The average Bonchev–Trinajstić information content (AvgIpc) is 2.49. The van der Waals surface area contributed by atoms with Crippen LogP contribution in [0.3, 0.4) is 0 Å². The van der Waals surface area contributed by atoms with Crippen molar-refractivity contribution in [2.24, 2.45) is 0 Å². The van der Waals surface area contributed by atoms with E-state index in [1.54, 1.807) is 18.3 Å². The molecule has 0 spiro atoms. The zero-order valence-electron chi connectivity index (χ0n) is 11.2. The summed E-state index contributed by atoms with van der Waals surface area (Å²) < 4.78 is 10.7. The molecule has 1 aromatic rings. The number of carbonyl (C=O) groups excluding carboxylic acids is 3. The van der Waals surface area contributed by atoms with E-state index in [0.29, 0.717) is 5.56 Å². The van der Waals surface area contributed by atoms with Gasteiger partial charge < -0.3 is 14.8 Å². The molecule has 0 fully saturated rings. The molecule has 0 aromatic carbocycles. The molecule has 20 heavy (non-hydrogen) atoms. The third-order valence-corrected chi connectivity index (χ3v) is 2.26. The summed E-state index contributed by atoms with van der Waals surface area (Å²) in [5.74, 6) is -1.57. The van der Waals surface area contributed by atoms with Crippen LogP contribution in [-0.4, -0.2) is 32.0 Å². The van der Waals surface area contributed by atoms with E-state index in [1.165, 1.54) is 24.9 Å². The van der Waals surface area contributed by atoms with Gasteiger partial charge in [0.05, 0.1) is 7.11 Å². The van der Waals surface area contributed by atoms with Crippen molar-refractivity contribution in [2.45, 2.75) is 6.73 Å². The summed E-state index contributed by atoms with van der Waals surface area (Å²) in [5, 5.41) is 2.49. The highest BCUT2D eigenvalue weighted by molar-refractivity contribution is 5.93. The van der Waals surface area contributed by atoms with Gasteiger partial charge in [0.15, 0.2) is 12.4 Å². The third kappa shape index (κ3) is 4.89. The molecular weight excluding hydrogens is 264 g/mol. The highest BCUT2D eigenvalue weighted by atomic mass is 16.5. The number of carbonyl (C=O) groups is 3. The Kier molecular flexibility index (Phi) is 5.89. The van der Waals surface area contributed by atoms with Crippen LogP contribution in [0.5, 0.6) is 0 Å². The van der Waals surface area contributed by atoms with Crippen LogP contribution in [0.4, 0.5) is 0 Å². The summed E-state index contributed by atoms with van der Waals surface area (Å²) in [5.41, 5.74) is 0.441. The van der Waals surface area contributed by atoms with Crippen molar-refractivity contribution in [1.29, 1.82) is 0 Å². The van der Waals surface area contributed by atoms with E-state index in [4.69, 9.17) is 4.74 Å². The Balaban J connectivity index is 2.57. The number of ether oxygens (including phenoxy) is 2. The SMILES string of the molecule is CNC(=O)c1ccc[n+](COC(=O)/C=C/C(=O)OC)c1. The molecule has 1 amide bonds. The summed E-state index contributed by atoms with van der Waals surface area (Å²) in [6.07, 6.45) is 5.11. The van der Waals surface area contributed by atoms with Crippen LogP contribution in [-0.2, 0) is 25.8 Å². The maximum absolute atomic E-state index is 11.4. The molecule has 0 bridgehead atoms. The van der Waals surface area contributed by atoms with Crippen molar-refractivity contribution in [3.8, 4) is 0 Å². The van der Waals surface area contributed by atoms with Crippen LogP contribution in [0.2, 0.25) is 0 Å². The van der Waals surface area contributed by atoms with Gasteiger partial charge in [0.2, 0.25) is 0 Å². The first-order chi connectivity index (χ1) is 9.56. The van der Waals surface area contributed by atoms with Gasteiger partial charge in [0.25, 0.3) is 12.6 Å². The fourth-order valence-corrected chi connectivity index (χ4v) is 1.27. The number of methoxy groups -OCH3 is 1. The Morgan fingerprint density at radius 1 is 1.30 bits per heavy atom. The Hall–Kier alpha value is -2.70. The van der Waals surface area contributed by atoms with Crippen LogP contribution >= 0.6 is 0 Å². The summed E-state index contributed by atoms with van der Waals surface area (Å²) in [7, 11) is 2.73. The van der Waals surface area contributed by atoms with Crippen molar-refractivity contribution in [3.05, 3.63) is 42.2 Å². The van der Waals surface area contributed by atoms with E-state index in [2.05, 4.69) is 10.1 Å². The third-order valence-electron chi connectivity index (χ3n) is 2.26. The zero-order valence-corrected chi connectivity index (χ0v) is 11.2. The largest absolute Gasteiger partial charge is 0.466 e. The Labute approximate surface area is 115 Å². The summed E-state index contributed by atoms with van der Waals surface area (Å²) in [6.45, 7) is -0.0742. The Morgan fingerprint density at radius 3 is 2.65 bits per heavy atom. The number of rotatable bonds is 5. The number of nitrogens with zero attached hydrogens (tertiary/aromatic N) is 1. The molecule has 1 rings (SSSR count). The molecule has 0 unspecified atom stereocenters. The molecule has 1 heterocycles. The van der Waals surface area contributed by atoms with Crippen molar-refractivity contribution in [3.63, 3.8) is 0 Å². The fourth-order valence-electron chi connectivity index (χ4n) is 1.27. The van der Waals surface area contributed by atoms with Crippen LogP contribution in [0.25, 0.3) is 0 Å². The Bertz CT molecular complexity index is 539. The first-order valence-corrected chi connectivity index (χ1v) is 5.70. The lowest BCUT2D eigenvalue weighted by atomic mass is 10.3. The van der Waals surface area contributed by atoms with Crippen molar-refractivity contribution in [2.75, 3.05) is 14.2 Å². The summed E-state index contributed by atoms with van der Waals surface area (Å²) >= 11 is 0. The minimum atomic E-state index is -0.687. The standard InChI is InChI=1S/C13H14N2O5/c1-14-13(18)10-4-3-7-15(8-10)9-20-12(17)6-5-11(16)19-2/h3-8H,9H2,1-2H3/p+1/b6-5+. The van der Waals surface area contributed by atoms with E-state index in [0.717, 1.165) is 12.2 Å². The number of hydrogen-bond acceptors (Lipinski definition) is 5. The Morgan fingerprint density at radius 2 is 2.00 bits per heavy atom. The molecule has 7 nitrogen and oxygen atoms in total. The van der Waals surface area contributed by atoms with E-state index < -0.39 is 11.9 Å². The maximum atomic E-state index is 11.4. The quantitative estimate of drug-likeness (QED) is 0.449. The van der Waals surface area contributed by atoms with Gasteiger partial charge in [0, 0.05) is 25.3 Å². The van der Waals surface area contributed by atoms with Crippen LogP contribution in [0, 0.1) is 0 Å². The molecule has 0 aliphatic heterocycles. The van der Waals surface area contributed by atoms with Crippen molar-refractivity contribution < 1.29 is 28.4 Å². The van der Waals surface area contributed by atoms with Gasteiger partial charge in [-0.05, 0) is 6.07 Å². The normalized spacial score (nSPS) is 10.1. The molecule has 1 aromatic heterocycles. The smallest absolute Gasteiger partial charge is 0.335 e. The number of nitrogens with one attached hydrogen (secondary N) is 1. The number of amides is 1. The van der Waals surface area contributed by atoms with E-state index in [-0.39, 0.29) is 12.6 Å². The van der Waals surface area contributed by atoms with E-state index in [1.807, 2.05) is 0 Å². The second-order valence-corrected chi connectivity index (χ2v) is 3.63. The second kappa shape index (κ2) is 7.67. The lowest BCUT2D eigenvalue weighted by Crippen LogP contribution is -2.37. The predicted octanol–water partition coefficient (Wildman–Crippen LogP) is -0.436. The average molecular weight is 279 g/mol. The summed E-state index contributed by atoms with van der Waals surface area (Å²) in [6, 6.07) is 3.29. The second-order valence-electron chi connectivity index (χ2n) is 3.63. The van der Waals surface area contributed by atoms with Crippen LogP contribution < -0.4 is 9.88 Å². The van der Waals surface area contributed by atoms with Crippen LogP contribution in [0.1, 0.15) is 10.4 Å². The van der Waals surface area contributed by atoms with Crippen LogP contribution in [0.15, 0.2) is 36.7 Å². The highest BCUT2D eigenvalue weighted by Gasteiger charge is 2.10. The van der Waals surface area contributed by atoms with Gasteiger partial charge in [-0.25, -0.2) is 9.59 Å². The van der Waals surface area contributed by atoms with Gasteiger partial charge in [0.1, 0.15) is 5.56 Å². The molecular formula is C13H15N2O5+. The minimum absolute atomic E-state index is 0.0742. The van der Waals surface area contributed by atoms with Gasteiger partial charge in [-0.3, -0.25) is 4.79 Å². The van der Waals surface area contributed by atoms with E-state index >= 15 is 0 Å². The number of pyridine rings is 1. The lowest BCUT2D eigenvalue weighted by molar-refractivity contribution is -0.727. The topological polar surface area (TPSA) is 85.6 Å². The molecule has 0 atom stereocenters. The predicted molar refractivity (Wildman–Crippen MR) is 67.3 cm³/mol. The molecule has 0 saturated carbocycles. The van der Waals surface area contributed by atoms with Crippen molar-refractivity contribution >= 4 is 17.8 Å². The van der Waals surface area contributed by atoms with E-state index in [9.17, 15) is 14.4 Å².